The first-order chi connectivity index (χ1) is 6.97. The van der Waals surface area contributed by atoms with Gasteiger partial charge < -0.3 is 10.5 Å². The molecule has 0 fully saturated rings. The topological polar surface area (TPSA) is 52.3 Å². The summed E-state index contributed by atoms with van der Waals surface area (Å²) in [6.45, 7) is 0. The maximum atomic E-state index is 13.1. The Morgan fingerprint density at radius 3 is 2.12 bits per heavy atom. The zero-order valence-electron chi connectivity index (χ0n) is 8.17. The molecule has 1 rings (SSSR count). The van der Waals surface area contributed by atoms with Crippen molar-refractivity contribution in [3.8, 4) is 0 Å². The Morgan fingerprint density at radius 2 is 1.75 bits per heavy atom. The van der Waals surface area contributed by atoms with Crippen LogP contribution in [0.1, 0.15) is 11.6 Å². The standard InChI is InChI=1S/C9H8F3NO2.ClH/c1-15-9(14)8(13)7-5(11)2-4(10)3-6(7)12;/h2-3,8H,13H2,1H3;1H/t8-;/m0./s1. The van der Waals surface area contributed by atoms with Crippen LogP contribution in [-0.4, -0.2) is 13.1 Å². The molecule has 1 atom stereocenters. The molecule has 1 aromatic carbocycles. The minimum atomic E-state index is -1.60. The number of carbonyl (C=O) groups is 1. The number of nitrogens with two attached hydrogens (primary N) is 1. The molecule has 0 heterocycles. The van der Waals surface area contributed by atoms with Crippen LogP contribution in [0.4, 0.5) is 13.2 Å². The Balaban J connectivity index is 0.00000225. The van der Waals surface area contributed by atoms with Crippen LogP contribution in [0.5, 0.6) is 0 Å². The van der Waals surface area contributed by atoms with Gasteiger partial charge in [-0.05, 0) is 0 Å². The summed E-state index contributed by atoms with van der Waals surface area (Å²) in [5, 5.41) is 0. The van der Waals surface area contributed by atoms with E-state index in [1.807, 2.05) is 0 Å². The number of hydrogen-bond acceptors (Lipinski definition) is 3. The van der Waals surface area contributed by atoms with E-state index in [1.165, 1.54) is 0 Å². The molecule has 0 saturated heterocycles. The van der Waals surface area contributed by atoms with Crippen LogP contribution >= 0.6 is 12.4 Å². The van der Waals surface area contributed by atoms with Crippen molar-refractivity contribution in [3.63, 3.8) is 0 Å². The molecule has 7 heteroatoms. The van der Waals surface area contributed by atoms with E-state index >= 15 is 0 Å². The lowest BCUT2D eigenvalue weighted by molar-refractivity contribution is -0.142. The van der Waals surface area contributed by atoms with Crippen LogP contribution in [0.15, 0.2) is 12.1 Å². The van der Waals surface area contributed by atoms with Gasteiger partial charge >= 0.3 is 5.97 Å². The summed E-state index contributed by atoms with van der Waals surface area (Å²) < 4.78 is 42.9. The molecular weight excluding hydrogens is 247 g/mol. The van der Waals surface area contributed by atoms with Gasteiger partial charge in [0.2, 0.25) is 0 Å². The molecule has 0 bridgehead atoms. The molecule has 0 aromatic heterocycles. The Bertz CT molecular complexity index is 377. The van der Waals surface area contributed by atoms with E-state index in [-0.39, 0.29) is 12.4 Å². The number of methoxy groups -OCH3 is 1. The molecule has 90 valence electrons. The van der Waals surface area contributed by atoms with Crippen molar-refractivity contribution in [2.24, 2.45) is 5.73 Å². The van der Waals surface area contributed by atoms with Crippen molar-refractivity contribution in [2.45, 2.75) is 6.04 Å². The molecule has 0 radical (unpaired) electrons. The quantitative estimate of drug-likeness (QED) is 0.819. The van der Waals surface area contributed by atoms with Gasteiger partial charge in [0.1, 0.15) is 23.5 Å². The van der Waals surface area contributed by atoms with Gasteiger partial charge in [0, 0.05) is 12.1 Å². The SMILES string of the molecule is COC(=O)[C@@H](N)c1c(F)cc(F)cc1F.Cl. The molecule has 2 N–H and O–H groups in total. The predicted molar refractivity (Wildman–Crippen MR) is 52.5 cm³/mol. The second kappa shape index (κ2) is 5.72. The third kappa shape index (κ3) is 2.86. The van der Waals surface area contributed by atoms with Crippen molar-refractivity contribution in [1.29, 1.82) is 0 Å². The second-order valence-corrected chi connectivity index (χ2v) is 2.78. The van der Waals surface area contributed by atoms with Gasteiger partial charge in [-0.3, -0.25) is 4.79 Å². The summed E-state index contributed by atoms with van der Waals surface area (Å²) in [5.41, 5.74) is 4.52. The Labute approximate surface area is 95.8 Å². The molecule has 16 heavy (non-hydrogen) atoms. The van der Waals surface area contributed by atoms with Crippen LogP contribution in [0.3, 0.4) is 0 Å². The first-order valence-electron chi connectivity index (χ1n) is 3.95. The van der Waals surface area contributed by atoms with Gasteiger partial charge in [0.25, 0.3) is 0 Å². The third-order valence-corrected chi connectivity index (χ3v) is 1.81. The molecular formula is C9H9ClF3NO2. The van der Waals surface area contributed by atoms with Crippen molar-refractivity contribution < 1.29 is 22.7 Å². The highest BCUT2D eigenvalue weighted by Crippen LogP contribution is 2.21. The van der Waals surface area contributed by atoms with E-state index in [1.54, 1.807) is 0 Å². The first-order valence-corrected chi connectivity index (χ1v) is 3.95. The van der Waals surface area contributed by atoms with Gasteiger partial charge in [0.05, 0.1) is 12.7 Å². The molecule has 0 aliphatic heterocycles. The highest BCUT2D eigenvalue weighted by molar-refractivity contribution is 5.85. The maximum absolute atomic E-state index is 13.1. The van der Waals surface area contributed by atoms with Gasteiger partial charge in [-0.25, -0.2) is 13.2 Å². The smallest absolute Gasteiger partial charge is 0.327 e. The maximum Gasteiger partial charge on any atom is 0.327 e. The molecule has 3 nitrogen and oxygen atoms in total. The van der Waals surface area contributed by atoms with E-state index < -0.39 is 35.0 Å². The van der Waals surface area contributed by atoms with Crippen LogP contribution in [-0.2, 0) is 9.53 Å². The highest BCUT2D eigenvalue weighted by atomic mass is 35.5. The van der Waals surface area contributed by atoms with Crippen LogP contribution < -0.4 is 5.73 Å². The van der Waals surface area contributed by atoms with Crippen LogP contribution in [0, 0.1) is 17.5 Å². The molecule has 0 saturated carbocycles. The Kier molecular flexibility index (Phi) is 5.26. The summed E-state index contributed by atoms with van der Waals surface area (Å²) in [6, 6.07) is -0.710. The van der Waals surface area contributed by atoms with Gasteiger partial charge in [-0.15, -0.1) is 12.4 Å². The van der Waals surface area contributed by atoms with E-state index in [0.717, 1.165) is 7.11 Å². The second-order valence-electron chi connectivity index (χ2n) is 2.78. The van der Waals surface area contributed by atoms with E-state index in [2.05, 4.69) is 4.74 Å². The summed E-state index contributed by atoms with van der Waals surface area (Å²) >= 11 is 0. The molecule has 0 aliphatic carbocycles. The number of benzene rings is 1. The van der Waals surface area contributed by atoms with Gasteiger partial charge in [-0.1, -0.05) is 0 Å². The molecule has 1 aromatic rings. The zero-order valence-corrected chi connectivity index (χ0v) is 8.98. The van der Waals surface area contributed by atoms with Gasteiger partial charge in [-0.2, -0.15) is 0 Å². The van der Waals surface area contributed by atoms with Gasteiger partial charge in [0.15, 0.2) is 0 Å². The van der Waals surface area contributed by atoms with Crippen molar-refractivity contribution in [3.05, 3.63) is 35.1 Å². The minimum absolute atomic E-state index is 0. The average molecular weight is 256 g/mol. The monoisotopic (exact) mass is 255 g/mol. The average Bonchev–Trinajstić information content (AvgIpc) is 2.14. The summed E-state index contributed by atoms with van der Waals surface area (Å²) in [4.78, 5) is 10.9. The molecule has 0 unspecified atom stereocenters. The fourth-order valence-corrected chi connectivity index (χ4v) is 1.10. The van der Waals surface area contributed by atoms with Crippen molar-refractivity contribution in [2.75, 3.05) is 7.11 Å². The summed E-state index contributed by atoms with van der Waals surface area (Å²) in [6.07, 6.45) is 0. The number of ether oxygens (including phenoxy) is 1. The largest absolute Gasteiger partial charge is 0.468 e. The fraction of sp³-hybridized carbons (Fsp3) is 0.222. The molecule has 0 aliphatic rings. The number of carbonyl (C=O) groups excluding carboxylic acids is 1. The lowest BCUT2D eigenvalue weighted by atomic mass is 10.1. The lowest BCUT2D eigenvalue weighted by Crippen LogP contribution is -2.25. The first kappa shape index (κ1) is 14.7. The third-order valence-electron chi connectivity index (χ3n) is 1.81. The zero-order chi connectivity index (χ0) is 11.6. The fourth-order valence-electron chi connectivity index (χ4n) is 1.10. The van der Waals surface area contributed by atoms with Crippen LogP contribution in [0.2, 0.25) is 0 Å². The normalized spacial score (nSPS) is 11.6. The van der Waals surface area contributed by atoms with Crippen molar-refractivity contribution in [1.82, 2.24) is 0 Å². The Hall–Kier alpha value is -1.27. The minimum Gasteiger partial charge on any atom is -0.468 e. The van der Waals surface area contributed by atoms with Crippen LogP contribution in [0.25, 0.3) is 0 Å². The molecule has 0 amide bonds. The Morgan fingerprint density at radius 1 is 1.31 bits per heavy atom. The van der Waals surface area contributed by atoms with Crippen molar-refractivity contribution >= 4 is 18.4 Å². The number of halogens is 4. The van der Waals surface area contributed by atoms with E-state index in [9.17, 15) is 18.0 Å². The summed E-state index contributed by atoms with van der Waals surface area (Å²) in [5.74, 6) is -4.51. The summed E-state index contributed by atoms with van der Waals surface area (Å²) in [7, 11) is 1.03. The lowest BCUT2D eigenvalue weighted by Gasteiger charge is -2.11. The number of hydrogen-bond donors (Lipinski definition) is 1. The number of esters is 1. The molecule has 0 spiro atoms. The van der Waals surface area contributed by atoms with E-state index in [4.69, 9.17) is 5.73 Å². The van der Waals surface area contributed by atoms with E-state index in [0.29, 0.717) is 12.1 Å². The highest BCUT2D eigenvalue weighted by Gasteiger charge is 2.24. The predicted octanol–water partition coefficient (Wildman–Crippen LogP) is 1.70. The number of rotatable bonds is 2.